The molecule has 0 amide bonds. The zero-order valence-electron chi connectivity index (χ0n) is 6.99. The number of hydrogen-bond acceptors (Lipinski definition) is 3. The van der Waals surface area contributed by atoms with Crippen molar-refractivity contribution in [3.05, 3.63) is 0 Å². The third-order valence-corrected chi connectivity index (χ3v) is 2.83. The monoisotopic (exact) mass is 170 g/mol. The third-order valence-electron chi connectivity index (χ3n) is 2.83. The Labute approximate surface area is 71.5 Å². The molecule has 2 rings (SSSR count). The Balaban J connectivity index is 2.08. The molecule has 0 aromatic carbocycles. The van der Waals surface area contributed by atoms with E-state index in [2.05, 4.69) is 10.2 Å². The molecular formula is C8H14N2O2. The van der Waals surface area contributed by atoms with Crippen LogP contribution >= 0.6 is 0 Å². The maximum atomic E-state index is 10.8. The van der Waals surface area contributed by atoms with Gasteiger partial charge in [-0.1, -0.05) is 0 Å². The largest absolute Gasteiger partial charge is 0.480 e. The summed E-state index contributed by atoms with van der Waals surface area (Å²) in [5, 5.41) is 11.9. The van der Waals surface area contributed by atoms with Gasteiger partial charge in [0.2, 0.25) is 0 Å². The molecule has 0 spiro atoms. The standard InChI is InChI=1S/C8H14N2O2/c11-8(12)7-6-2-1-4-10(6)5-3-9-7/h6-7,9H,1-5H2,(H,11,12). The summed E-state index contributed by atoms with van der Waals surface area (Å²) in [6.45, 7) is 2.90. The first-order chi connectivity index (χ1) is 5.79. The summed E-state index contributed by atoms with van der Waals surface area (Å²) in [6.07, 6.45) is 2.18. The number of piperazine rings is 1. The van der Waals surface area contributed by atoms with E-state index in [4.69, 9.17) is 5.11 Å². The molecule has 2 N–H and O–H groups in total. The van der Waals surface area contributed by atoms with Crippen molar-refractivity contribution in [3.8, 4) is 0 Å². The fraction of sp³-hybridized carbons (Fsp3) is 0.875. The van der Waals surface area contributed by atoms with E-state index >= 15 is 0 Å². The summed E-state index contributed by atoms with van der Waals surface area (Å²) < 4.78 is 0. The van der Waals surface area contributed by atoms with Crippen molar-refractivity contribution < 1.29 is 9.90 Å². The molecule has 2 aliphatic heterocycles. The molecule has 2 aliphatic rings. The summed E-state index contributed by atoms with van der Waals surface area (Å²) >= 11 is 0. The van der Waals surface area contributed by atoms with Crippen LogP contribution in [0.1, 0.15) is 12.8 Å². The van der Waals surface area contributed by atoms with E-state index in [1.165, 1.54) is 0 Å². The first kappa shape index (κ1) is 8.01. The second kappa shape index (κ2) is 3.03. The van der Waals surface area contributed by atoms with E-state index in [1.807, 2.05) is 0 Å². The molecule has 0 aromatic heterocycles. The van der Waals surface area contributed by atoms with Gasteiger partial charge in [-0.2, -0.15) is 0 Å². The van der Waals surface area contributed by atoms with Crippen LogP contribution in [0.15, 0.2) is 0 Å². The summed E-state index contributed by atoms with van der Waals surface area (Å²) in [6, 6.07) is -0.0856. The van der Waals surface area contributed by atoms with Gasteiger partial charge in [-0.15, -0.1) is 0 Å². The second-order valence-electron chi connectivity index (χ2n) is 3.52. The molecule has 2 atom stereocenters. The maximum absolute atomic E-state index is 10.8. The Hall–Kier alpha value is -0.610. The highest BCUT2D eigenvalue weighted by molar-refractivity contribution is 5.74. The summed E-state index contributed by atoms with van der Waals surface area (Å²) in [5.41, 5.74) is 0. The number of hydrogen-bond donors (Lipinski definition) is 2. The molecule has 12 heavy (non-hydrogen) atoms. The molecule has 0 radical (unpaired) electrons. The van der Waals surface area contributed by atoms with Gasteiger partial charge in [0.25, 0.3) is 0 Å². The zero-order valence-corrected chi connectivity index (χ0v) is 6.99. The molecule has 2 fully saturated rings. The minimum Gasteiger partial charge on any atom is -0.480 e. The lowest BCUT2D eigenvalue weighted by Crippen LogP contribution is -2.58. The lowest BCUT2D eigenvalue weighted by atomic mass is 10.0. The van der Waals surface area contributed by atoms with Crippen molar-refractivity contribution >= 4 is 5.97 Å². The second-order valence-corrected chi connectivity index (χ2v) is 3.52. The smallest absolute Gasteiger partial charge is 0.322 e. The number of carbonyl (C=O) groups is 1. The average Bonchev–Trinajstić information content (AvgIpc) is 2.49. The van der Waals surface area contributed by atoms with E-state index in [-0.39, 0.29) is 12.1 Å². The topological polar surface area (TPSA) is 52.6 Å². The predicted molar refractivity (Wildman–Crippen MR) is 44.0 cm³/mol. The minimum atomic E-state index is -0.702. The van der Waals surface area contributed by atoms with Gasteiger partial charge in [-0.05, 0) is 19.4 Å². The van der Waals surface area contributed by atoms with Gasteiger partial charge in [0.05, 0.1) is 0 Å². The Morgan fingerprint density at radius 3 is 3.08 bits per heavy atom. The number of fused-ring (bicyclic) bond motifs is 1. The van der Waals surface area contributed by atoms with E-state index in [9.17, 15) is 4.79 Å². The SMILES string of the molecule is O=C(O)C1NCCN2CCCC12. The Kier molecular flexibility index (Phi) is 2.02. The highest BCUT2D eigenvalue weighted by Crippen LogP contribution is 2.22. The Bertz CT molecular complexity index is 195. The third kappa shape index (κ3) is 1.21. The molecule has 0 saturated carbocycles. The van der Waals surface area contributed by atoms with Crippen molar-refractivity contribution in [1.82, 2.24) is 10.2 Å². The number of nitrogens with one attached hydrogen (secondary N) is 1. The van der Waals surface area contributed by atoms with Crippen molar-refractivity contribution in [2.45, 2.75) is 24.9 Å². The molecule has 4 heteroatoms. The molecule has 2 unspecified atom stereocenters. The lowest BCUT2D eigenvalue weighted by Gasteiger charge is -2.34. The van der Waals surface area contributed by atoms with Crippen LogP contribution in [0.3, 0.4) is 0 Å². The Morgan fingerprint density at radius 1 is 1.50 bits per heavy atom. The summed E-state index contributed by atoms with van der Waals surface area (Å²) in [7, 11) is 0. The quantitative estimate of drug-likeness (QED) is 0.557. The van der Waals surface area contributed by atoms with Crippen LogP contribution in [-0.2, 0) is 4.79 Å². The number of nitrogens with zero attached hydrogens (tertiary/aromatic N) is 1. The van der Waals surface area contributed by atoms with Crippen LogP contribution in [0, 0.1) is 0 Å². The molecule has 4 nitrogen and oxygen atoms in total. The van der Waals surface area contributed by atoms with Gasteiger partial charge < -0.3 is 10.4 Å². The van der Waals surface area contributed by atoms with Crippen molar-refractivity contribution in [3.63, 3.8) is 0 Å². The average molecular weight is 170 g/mol. The lowest BCUT2D eigenvalue weighted by molar-refractivity contribution is -0.142. The normalized spacial score (nSPS) is 36.3. The van der Waals surface area contributed by atoms with Crippen LogP contribution in [0.2, 0.25) is 0 Å². The van der Waals surface area contributed by atoms with E-state index in [0.29, 0.717) is 0 Å². The van der Waals surface area contributed by atoms with Crippen LogP contribution in [0.25, 0.3) is 0 Å². The highest BCUT2D eigenvalue weighted by atomic mass is 16.4. The van der Waals surface area contributed by atoms with Gasteiger partial charge in [-0.3, -0.25) is 9.69 Å². The summed E-state index contributed by atoms with van der Waals surface area (Å²) in [4.78, 5) is 13.1. The predicted octanol–water partition coefficient (Wildman–Crippen LogP) is -0.493. The maximum Gasteiger partial charge on any atom is 0.322 e. The van der Waals surface area contributed by atoms with E-state index < -0.39 is 5.97 Å². The van der Waals surface area contributed by atoms with Crippen LogP contribution < -0.4 is 5.32 Å². The van der Waals surface area contributed by atoms with E-state index in [0.717, 1.165) is 32.5 Å². The first-order valence-electron chi connectivity index (χ1n) is 4.49. The van der Waals surface area contributed by atoms with Crippen LogP contribution in [0.5, 0.6) is 0 Å². The van der Waals surface area contributed by atoms with Gasteiger partial charge in [-0.25, -0.2) is 0 Å². The number of aliphatic carboxylic acids is 1. The van der Waals surface area contributed by atoms with Crippen molar-refractivity contribution in [2.24, 2.45) is 0 Å². The molecule has 0 bridgehead atoms. The van der Waals surface area contributed by atoms with Crippen molar-refractivity contribution in [2.75, 3.05) is 19.6 Å². The fourth-order valence-corrected chi connectivity index (χ4v) is 2.26. The Morgan fingerprint density at radius 2 is 2.33 bits per heavy atom. The van der Waals surface area contributed by atoms with E-state index in [1.54, 1.807) is 0 Å². The number of carboxylic acids is 1. The molecule has 0 aromatic rings. The summed E-state index contributed by atoms with van der Waals surface area (Å²) in [5.74, 6) is -0.702. The molecule has 0 aliphatic carbocycles. The van der Waals surface area contributed by atoms with Crippen LogP contribution in [-0.4, -0.2) is 47.7 Å². The van der Waals surface area contributed by atoms with Crippen LogP contribution in [0.4, 0.5) is 0 Å². The molecule has 68 valence electrons. The minimum absolute atomic E-state index is 0.247. The zero-order chi connectivity index (χ0) is 8.55. The van der Waals surface area contributed by atoms with Gasteiger partial charge >= 0.3 is 5.97 Å². The van der Waals surface area contributed by atoms with Gasteiger partial charge in [0, 0.05) is 19.1 Å². The molecule has 2 saturated heterocycles. The van der Waals surface area contributed by atoms with Crippen molar-refractivity contribution in [1.29, 1.82) is 0 Å². The number of rotatable bonds is 1. The van der Waals surface area contributed by atoms with Gasteiger partial charge in [0.15, 0.2) is 0 Å². The van der Waals surface area contributed by atoms with Gasteiger partial charge in [0.1, 0.15) is 6.04 Å². The molecular weight excluding hydrogens is 156 g/mol. The highest BCUT2D eigenvalue weighted by Gasteiger charge is 2.38. The first-order valence-corrected chi connectivity index (χ1v) is 4.49. The molecule has 2 heterocycles. The fourth-order valence-electron chi connectivity index (χ4n) is 2.26. The number of carboxylic acid groups (broad SMARTS) is 1.